The lowest BCUT2D eigenvalue weighted by atomic mass is 10.2. The van der Waals surface area contributed by atoms with Crippen molar-refractivity contribution in [3.63, 3.8) is 0 Å². The van der Waals surface area contributed by atoms with E-state index in [2.05, 4.69) is 0 Å². The molecule has 3 N–H and O–H groups in total. The van der Waals surface area contributed by atoms with Gasteiger partial charge in [-0.3, -0.25) is 4.79 Å². The van der Waals surface area contributed by atoms with Crippen LogP contribution in [0.2, 0.25) is 0 Å². The Labute approximate surface area is 104 Å². The maximum absolute atomic E-state index is 12.1. The summed E-state index contributed by atoms with van der Waals surface area (Å²) in [6.07, 6.45) is 0.202. The van der Waals surface area contributed by atoms with Gasteiger partial charge in [-0.1, -0.05) is 0 Å². The number of rotatable bonds is 1. The molecule has 5 nitrogen and oxygen atoms in total. The van der Waals surface area contributed by atoms with E-state index in [1.54, 1.807) is 29.2 Å². The number of likely N-dealkylation sites (tertiary alicyclic amines) is 1. The fraction of sp³-hybridized carbons (Fsp3) is 0.308. The number of hydrogen-bond acceptors (Lipinski definition) is 4. The van der Waals surface area contributed by atoms with Crippen LogP contribution in [0.15, 0.2) is 28.7 Å². The number of nitrogens with two attached hydrogens (primary N) is 1. The van der Waals surface area contributed by atoms with E-state index in [0.717, 1.165) is 5.39 Å². The highest BCUT2D eigenvalue weighted by Gasteiger charge is 2.27. The minimum atomic E-state index is -0.422. The number of carbonyl (C=O) groups excluding carboxylic acids is 1. The molecular weight excluding hydrogens is 232 g/mol. The second-order valence-corrected chi connectivity index (χ2v) is 4.60. The first-order chi connectivity index (χ1) is 8.63. The largest absolute Gasteiger partial charge is 0.451 e. The van der Waals surface area contributed by atoms with Crippen molar-refractivity contribution in [2.75, 3.05) is 18.8 Å². The molecule has 1 aliphatic heterocycles. The smallest absolute Gasteiger partial charge is 0.289 e. The lowest BCUT2D eigenvalue weighted by Crippen LogP contribution is -2.29. The van der Waals surface area contributed by atoms with Crippen LogP contribution >= 0.6 is 0 Å². The predicted octanol–water partition coefficient (Wildman–Crippen LogP) is 1.22. The zero-order valence-electron chi connectivity index (χ0n) is 9.80. The Balaban J connectivity index is 1.92. The Morgan fingerprint density at radius 1 is 1.44 bits per heavy atom. The number of benzene rings is 1. The molecule has 0 saturated carbocycles. The van der Waals surface area contributed by atoms with Crippen molar-refractivity contribution in [2.24, 2.45) is 0 Å². The molecule has 1 fully saturated rings. The summed E-state index contributed by atoms with van der Waals surface area (Å²) in [4.78, 5) is 13.7. The molecule has 3 rings (SSSR count). The van der Waals surface area contributed by atoms with Crippen molar-refractivity contribution < 1.29 is 14.3 Å². The van der Waals surface area contributed by atoms with Crippen LogP contribution in [-0.4, -0.2) is 35.1 Å². The van der Waals surface area contributed by atoms with Crippen molar-refractivity contribution in [3.05, 3.63) is 30.0 Å². The molecular formula is C13H14N2O3. The van der Waals surface area contributed by atoms with Crippen molar-refractivity contribution in [2.45, 2.75) is 12.5 Å². The van der Waals surface area contributed by atoms with E-state index in [1.165, 1.54) is 0 Å². The number of nitrogens with zero attached hydrogens (tertiary/aromatic N) is 1. The Morgan fingerprint density at radius 2 is 2.28 bits per heavy atom. The molecule has 1 aromatic heterocycles. The predicted molar refractivity (Wildman–Crippen MR) is 67.2 cm³/mol. The molecule has 1 saturated heterocycles. The normalized spacial score (nSPS) is 19.6. The Bertz CT molecular complexity index is 605. The van der Waals surface area contributed by atoms with Crippen LogP contribution in [0, 0.1) is 0 Å². The van der Waals surface area contributed by atoms with E-state index in [9.17, 15) is 9.90 Å². The second-order valence-electron chi connectivity index (χ2n) is 4.60. The van der Waals surface area contributed by atoms with Crippen LogP contribution < -0.4 is 5.73 Å². The van der Waals surface area contributed by atoms with Gasteiger partial charge in [0.05, 0.1) is 6.10 Å². The number of β-amino-alcohol motifs (C(OH)–C–C–N with tert-alkyl or cyclic N) is 1. The van der Waals surface area contributed by atoms with E-state index in [0.29, 0.717) is 36.5 Å². The van der Waals surface area contributed by atoms with Crippen LogP contribution in [0.1, 0.15) is 17.0 Å². The van der Waals surface area contributed by atoms with Gasteiger partial charge in [0, 0.05) is 24.2 Å². The summed E-state index contributed by atoms with van der Waals surface area (Å²) in [5.74, 6) is 0.117. The van der Waals surface area contributed by atoms with E-state index in [-0.39, 0.29) is 5.91 Å². The highest BCUT2D eigenvalue weighted by atomic mass is 16.3. The van der Waals surface area contributed by atoms with E-state index < -0.39 is 6.10 Å². The molecule has 1 aliphatic rings. The maximum Gasteiger partial charge on any atom is 0.289 e. The first-order valence-electron chi connectivity index (χ1n) is 5.90. The molecule has 2 aromatic rings. The summed E-state index contributed by atoms with van der Waals surface area (Å²) in [6.45, 7) is 0.942. The summed E-state index contributed by atoms with van der Waals surface area (Å²) in [6, 6.07) is 6.95. The number of aliphatic hydroxyl groups excluding tert-OH is 1. The summed E-state index contributed by atoms with van der Waals surface area (Å²) >= 11 is 0. The fourth-order valence-corrected chi connectivity index (χ4v) is 2.25. The van der Waals surface area contributed by atoms with Gasteiger partial charge >= 0.3 is 0 Å². The molecule has 1 aromatic carbocycles. The number of hydrogen-bond donors (Lipinski definition) is 2. The van der Waals surface area contributed by atoms with Gasteiger partial charge in [0.25, 0.3) is 5.91 Å². The van der Waals surface area contributed by atoms with E-state index in [4.69, 9.17) is 10.2 Å². The molecule has 0 radical (unpaired) electrons. The average molecular weight is 246 g/mol. The highest BCUT2D eigenvalue weighted by molar-refractivity contribution is 5.96. The lowest BCUT2D eigenvalue weighted by molar-refractivity contribution is 0.0736. The number of furan rings is 1. The van der Waals surface area contributed by atoms with E-state index >= 15 is 0 Å². The topological polar surface area (TPSA) is 79.7 Å². The molecule has 18 heavy (non-hydrogen) atoms. The van der Waals surface area contributed by atoms with Crippen LogP contribution in [0.4, 0.5) is 5.69 Å². The van der Waals surface area contributed by atoms with Gasteiger partial charge in [0.2, 0.25) is 0 Å². The third-order valence-corrected chi connectivity index (χ3v) is 3.20. The Hall–Kier alpha value is -2.01. The zero-order chi connectivity index (χ0) is 12.7. The number of carbonyl (C=O) groups is 1. The molecule has 1 unspecified atom stereocenters. The third-order valence-electron chi connectivity index (χ3n) is 3.20. The van der Waals surface area contributed by atoms with Gasteiger partial charge in [0.15, 0.2) is 5.76 Å². The monoisotopic (exact) mass is 246 g/mol. The van der Waals surface area contributed by atoms with Crippen molar-refractivity contribution in [1.29, 1.82) is 0 Å². The first kappa shape index (κ1) is 11.1. The maximum atomic E-state index is 12.1. The standard InChI is InChI=1S/C13H14N2O3/c14-9-1-2-11-8(5-9)6-12(18-11)13(17)15-4-3-10(16)7-15/h1-2,5-6,10,16H,3-4,7,14H2. The van der Waals surface area contributed by atoms with Gasteiger partial charge in [0.1, 0.15) is 5.58 Å². The average Bonchev–Trinajstić information content (AvgIpc) is 2.93. The number of anilines is 1. The van der Waals surface area contributed by atoms with Crippen molar-refractivity contribution >= 4 is 22.6 Å². The summed E-state index contributed by atoms with van der Waals surface area (Å²) in [5.41, 5.74) is 6.96. The highest BCUT2D eigenvalue weighted by Crippen LogP contribution is 2.23. The Kier molecular flexibility index (Phi) is 2.48. The number of fused-ring (bicyclic) bond motifs is 1. The van der Waals surface area contributed by atoms with E-state index in [1.807, 2.05) is 0 Å². The van der Waals surface area contributed by atoms with Crippen LogP contribution in [0.3, 0.4) is 0 Å². The van der Waals surface area contributed by atoms with Crippen molar-refractivity contribution in [3.8, 4) is 0 Å². The van der Waals surface area contributed by atoms with Gasteiger partial charge < -0.3 is 20.2 Å². The number of nitrogen functional groups attached to an aromatic ring is 1. The third kappa shape index (κ3) is 1.82. The second kappa shape index (κ2) is 4.03. The first-order valence-corrected chi connectivity index (χ1v) is 5.90. The molecule has 0 bridgehead atoms. The van der Waals surface area contributed by atoms with Crippen LogP contribution in [0.25, 0.3) is 11.0 Å². The molecule has 1 amide bonds. The summed E-state index contributed by atoms with van der Waals surface area (Å²) in [5, 5.41) is 10.2. The van der Waals surface area contributed by atoms with Gasteiger partial charge in [-0.25, -0.2) is 0 Å². The summed E-state index contributed by atoms with van der Waals surface area (Å²) < 4.78 is 5.50. The number of amides is 1. The lowest BCUT2D eigenvalue weighted by Gasteiger charge is -2.12. The molecule has 0 aliphatic carbocycles. The van der Waals surface area contributed by atoms with Gasteiger partial charge in [-0.15, -0.1) is 0 Å². The number of aliphatic hydroxyl groups is 1. The Morgan fingerprint density at radius 3 is 3.00 bits per heavy atom. The zero-order valence-corrected chi connectivity index (χ0v) is 9.80. The quantitative estimate of drug-likeness (QED) is 0.741. The fourth-order valence-electron chi connectivity index (χ4n) is 2.25. The summed E-state index contributed by atoms with van der Waals surface area (Å²) in [7, 11) is 0. The van der Waals surface area contributed by atoms with Crippen LogP contribution in [0.5, 0.6) is 0 Å². The molecule has 1 atom stereocenters. The van der Waals surface area contributed by atoms with Crippen molar-refractivity contribution in [1.82, 2.24) is 4.90 Å². The SMILES string of the molecule is Nc1ccc2oc(C(=O)N3CCC(O)C3)cc2c1. The van der Waals surface area contributed by atoms with Gasteiger partial charge in [-0.2, -0.15) is 0 Å². The minimum absolute atomic E-state index is 0.179. The molecule has 0 spiro atoms. The molecule has 94 valence electrons. The van der Waals surface area contributed by atoms with Crippen LogP contribution in [-0.2, 0) is 0 Å². The van der Waals surface area contributed by atoms with Gasteiger partial charge in [-0.05, 0) is 30.7 Å². The minimum Gasteiger partial charge on any atom is -0.451 e. The molecule has 2 heterocycles. The molecule has 5 heteroatoms.